The topological polar surface area (TPSA) is 86.8 Å². The predicted molar refractivity (Wildman–Crippen MR) is 65.0 cm³/mol. The van der Waals surface area contributed by atoms with Crippen LogP contribution in [-0.4, -0.2) is 40.7 Å². The average Bonchev–Trinajstić information content (AvgIpc) is 2.31. The minimum absolute atomic E-state index is 0.0460. The molecule has 1 aromatic carbocycles. The molecule has 0 spiro atoms. The molecule has 0 saturated carbocycles. The molecule has 0 aromatic heterocycles. The van der Waals surface area contributed by atoms with Crippen molar-refractivity contribution < 1.29 is 15.0 Å². The number of phenols is 2. The summed E-state index contributed by atoms with van der Waals surface area (Å²) >= 11 is 0. The van der Waals surface area contributed by atoms with Crippen molar-refractivity contribution in [3.8, 4) is 11.5 Å². The van der Waals surface area contributed by atoms with Crippen molar-refractivity contribution in [2.45, 2.75) is 13.3 Å². The molecule has 0 heterocycles. The molecule has 0 radical (unpaired) electrons. The van der Waals surface area contributed by atoms with Crippen LogP contribution in [0, 0.1) is 0 Å². The van der Waals surface area contributed by atoms with Crippen molar-refractivity contribution in [2.24, 2.45) is 5.73 Å². The van der Waals surface area contributed by atoms with Crippen molar-refractivity contribution in [1.82, 2.24) is 4.90 Å². The van der Waals surface area contributed by atoms with Crippen LogP contribution < -0.4 is 5.73 Å². The zero-order valence-corrected chi connectivity index (χ0v) is 9.89. The van der Waals surface area contributed by atoms with E-state index in [1.54, 1.807) is 4.90 Å². The Morgan fingerprint density at radius 2 is 2.06 bits per heavy atom. The van der Waals surface area contributed by atoms with Gasteiger partial charge in [-0.15, -0.1) is 0 Å². The van der Waals surface area contributed by atoms with Gasteiger partial charge in [0.25, 0.3) is 5.91 Å². The summed E-state index contributed by atoms with van der Waals surface area (Å²) < 4.78 is 0. The van der Waals surface area contributed by atoms with E-state index in [0.717, 1.165) is 6.42 Å². The molecule has 1 rings (SSSR count). The summed E-state index contributed by atoms with van der Waals surface area (Å²) in [7, 11) is 0. The second-order valence-electron chi connectivity index (χ2n) is 3.78. The maximum Gasteiger partial charge on any atom is 0.257 e. The van der Waals surface area contributed by atoms with Crippen LogP contribution in [0.1, 0.15) is 23.7 Å². The molecule has 0 aliphatic heterocycles. The Morgan fingerprint density at radius 1 is 1.35 bits per heavy atom. The van der Waals surface area contributed by atoms with E-state index < -0.39 is 0 Å². The van der Waals surface area contributed by atoms with E-state index in [2.05, 4.69) is 0 Å². The van der Waals surface area contributed by atoms with Gasteiger partial charge >= 0.3 is 0 Å². The summed E-state index contributed by atoms with van der Waals surface area (Å²) in [5.41, 5.74) is 5.54. The van der Waals surface area contributed by atoms with Crippen LogP contribution in [-0.2, 0) is 0 Å². The number of carbonyl (C=O) groups excluding carboxylic acids is 1. The number of nitrogens with zero attached hydrogens (tertiary/aromatic N) is 1. The third kappa shape index (κ3) is 3.35. The van der Waals surface area contributed by atoms with E-state index in [4.69, 9.17) is 5.73 Å². The minimum Gasteiger partial charge on any atom is -0.508 e. The average molecular weight is 238 g/mol. The highest BCUT2D eigenvalue weighted by Crippen LogP contribution is 2.23. The van der Waals surface area contributed by atoms with Gasteiger partial charge < -0.3 is 20.8 Å². The number of hydrogen-bond acceptors (Lipinski definition) is 4. The van der Waals surface area contributed by atoms with E-state index in [1.165, 1.54) is 18.2 Å². The Hall–Kier alpha value is -1.75. The van der Waals surface area contributed by atoms with Gasteiger partial charge in [-0.2, -0.15) is 0 Å². The van der Waals surface area contributed by atoms with Crippen LogP contribution in [0.5, 0.6) is 11.5 Å². The monoisotopic (exact) mass is 238 g/mol. The van der Waals surface area contributed by atoms with Gasteiger partial charge in [-0.3, -0.25) is 4.79 Å². The van der Waals surface area contributed by atoms with Crippen molar-refractivity contribution in [1.29, 1.82) is 0 Å². The van der Waals surface area contributed by atoms with Gasteiger partial charge in [0.1, 0.15) is 11.5 Å². The lowest BCUT2D eigenvalue weighted by Crippen LogP contribution is -2.36. The molecule has 1 aromatic rings. The third-order valence-corrected chi connectivity index (χ3v) is 2.39. The molecule has 5 nitrogen and oxygen atoms in total. The predicted octanol–water partition coefficient (Wildman–Crippen LogP) is 0.909. The summed E-state index contributed by atoms with van der Waals surface area (Å²) in [6.07, 6.45) is 0.811. The molecular weight excluding hydrogens is 220 g/mol. The fraction of sp³-hybridized carbons (Fsp3) is 0.417. The van der Waals surface area contributed by atoms with E-state index in [-0.39, 0.29) is 23.0 Å². The number of amides is 1. The zero-order chi connectivity index (χ0) is 12.8. The second-order valence-corrected chi connectivity index (χ2v) is 3.78. The lowest BCUT2D eigenvalue weighted by molar-refractivity contribution is 0.0757. The number of hydrogen-bond donors (Lipinski definition) is 3. The van der Waals surface area contributed by atoms with Crippen LogP contribution in [0.3, 0.4) is 0 Å². The number of phenolic OH excluding ortho intramolecular Hbond substituents is 2. The fourth-order valence-electron chi connectivity index (χ4n) is 1.61. The molecule has 17 heavy (non-hydrogen) atoms. The van der Waals surface area contributed by atoms with E-state index >= 15 is 0 Å². The largest absolute Gasteiger partial charge is 0.508 e. The fourth-order valence-corrected chi connectivity index (χ4v) is 1.61. The van der Waals surface area contributed by atoms with Crippen LogP contribution in [0.4, 0.5) is 0 Å². The molecule has 0 aliphatic carbocycles. The van der Waals surface area contributed by atoms with Gasteiger partial charge in [-0.05, 0) is 24.6 Å². The van der Waals surface area contributed by atoms with Gasteiger partial charge in [0.05, 0.1) is 5.56 Å². The van der Waals surface area contributed by atoms with Crippen LogP contribution >= 0.6 is 0 Å². The molecule has 5 heteroatoms. The Morgan fingerprint density at radius 3 is 2.65 bits per heavy atom. The molecule has 0 aliphatic rings. The molecule has 0 unspecified atom stereocenters. The molecule has 0 fully saturated rings. The molecule has 0 atom stereocenters. The first-order valence-corrected chi connectivity index (χ1v) is 5.61. The highest BCUT2D eigenvalue weighted by Gasteiger charge is 2.18. The summed E-state index contributed by atoms with van der Waals surface area (Å²) in [5, 5.41) is 18.9. The quantitative estimate of drug-likeness (QED) is 0.665. The number of aromatic hydroxyl groups is 2. The number of benzene rings is 1. The van der Waals surface area contributed by atoms with E-state index in [0.29, 0.717) is 19.6 Å². The molecular formula is C12H18N2O3. The number of rotatable bonds is 5. The third-order valence-electron chi connectivity index (χ3n) is 2.39. The van der Waals surface area contributed by atoms with Crippen molar-refractivity contribution in [3.63, 3.8) is 0 Å². The lowest BCUT2D eigenvalue weighted by atomic mass is 10.1. The van der Waals surface area contributed by atoms with Crippen LogP contribution in [0.25, 0.3) is 0 Å². The second kappa shape index (κ2) is 6.10. The van der Waals surface area contributed by atoms with Gasteiger partial charge in [-0.1, -0.05) is 6.92 Å². The molecule has 4 N–H and O–H groups in total. The van der Waals surface area contributed by atoms with Crippen molar-refractivity contribution in [2.75, 3.05) is 19.6 Å². The van der Waals surface area contributed by atoms with Gasteiger partial charge in [0.2, 0.25) is 0 Å². The van der Waals surface area contributed by atoms with E-state index in [9.17, 15) is 15.0 Å². The zero-order valence-electron chi connectivity index (χ0n) is 9.89. The number of carbonyl (C=O) groups is 1. The van der Waals surface area contributed by atoms with Crippen molar-refractivity contribution >= 4 is 5.91 Å². The first-order valence-electron chi connectivity index (χ1n) is 5.61. The first kappa shape index (κ1) is 13.3. The summed E-state index contributed by atoms with van der Waals surface area (Å²) in [4.78, 5) is 13.7. The first-order chi connectivity index (χ1) is 8.10. The van der Waals surface area contributed by atoms with Gasteiger partial charge in [0.15, 0.2) is 0 Å². The standard InChI is InChI=1S/C12H18N2O3/c1-2-6-14(7-5-13)12(17)10-8-9(15)3-4-11(10)16/h3-4,8,15-16H,2,5-7,13H2,1H3. The molecule has 0 bridgehead atoms. The maximum absolute atomic E-state index is 12.1. The van der Waals surface area contributed by atoms with Crippen LogP contribution in [0.15, 0.2) is 18.2 Å². The number of nitrogens with two attached hydrogens (primary N) is 1. The summed E-state index contributed by atoms with van der Waals surface area (Å²) in [5.74, 6) is -0.494. The van der Waals surface area contributed by atoms with Crippen LogP contribution in [0.2, 0.25) is 0 Å². The Bertz CT molecular complexity index is 387. The SMILES string of the molecule is CCCN(CCN)C(=O)c1cc(O)ccc1O. The summed E-state index contributed by atoms with van der Waals surface area (Å²) in [6.45, 7) is 3.33. The smallest absolute Gasteiger partial charge is 0.257 e. The lowest BCUT2D eigenvalue weighted by Gasteiger charge is -2.21. The summed E-state index contributed by atoms with van der Waals surface area (Å²) in [6, 6.07) is 3.89. The van der Waals surface area contributed by atoms with E-state index in [1.807, 2.05) is 6.92 Å². The Kier molecular flexibility index (Phi) is 4.78. The molecule has 94 valence electrons. The normalized spacial score (nSPS) is 10.2. The molecule has 0 saturated heterocycles. The minimum atomic E-state index is -0.314. The molecule has 1 amide bonds. The van der Waals surface area contributed by atoms with Gasteiger partial charge in [0, 0.05) is 19.6 Å². The maximum atomic E-state index is 12.1. The highest BCUT2D eigenvalue weighted by atomic mass is 16.3. The Labute approximate surface area is 100 Å². The highest BCUT2D eigenvalue weighted by molar-refractivity contribution is 5.97. The van der Waals surface area contributed by atoms with Crippen molar-refractivity contribution in [3.05, 3.63) is 23.8 Å². The van der Waals surface area contributed by atoms with Gasteiger partial charge in [-0.25, -0.2) is 0 Å². The Balaban J connectivity index is 2.95.